The van der Waals surface area contributed by atoms with E-state index in [1.807, 2.05) is 0 Å². The fourth-order valence-electron chi connectivity index (χ4n) is 2.40. The molecular formula is C16H8Cl4FN5S. The molecule has 1 aliphatic rings. The number of hydrogen-bond donors (Lipinski definition) is 1. The fourth-order valence-corrected chi connectivity index (χ4v) is 4.07. The van der Waals surface area contributed by atoms with Crippen molar-refractivity contribution < 1.29 is 4.39 Å². The Morgan fingerprint density at radius 3 is 2.63 bits per heavy atom. The Kier molecular flexibility index (Phi) is 5.22. The summed E-state index contributed by atoms with van der Waals surface area (Å²) in [6.45, 7) is 0. The largest absolute Gasteiger partial charge is 0.276 e. The lowest BCUT2D eigenvalue weighted by Crippen LogP contribution is -2.30. The van der Waals surface area contributed by atoms with E-state index in [1.165, 1.54) is 23.9 Å². The molecular weight excluding hydrogens is 455 g/mol. The smallest absolute Gasteiger partial charge is 0.211 e. The maximum Gasteiger partial charge on any atom is 0.211 e. The summed E-state index contributed by atoms with van der Waals surface area (Å²) in [5.74, 6) is 0.884. The highest BCUT2D eigenvalue weighted by molar-refractivity contribution is 7.99. The summed E-state index contributed by atoms with van der Waals surface area (Å²) in [5.41, 5.74) is 4.04. The number of fused-ring (bicyclic) bond motifs is 1. The number of halogens is 5. The molecule has 1 aliphatic heterocycles. The van der Waals surface area contributed by atoms with Gasteiger partial charge >= 0.3 is 0 Å². The second-order valence-corrected chi connectivity index (χ2v) is 8.04. The molecule has 11 heteroatoms. The third-order valence-electron chi connectivity index (χ3n) is 3.63. The van der Waals surface area contributed by atoms with Gasteiger partial charge in [0, 0.05) is 10.6 Å². The molecule has 5 nitrogen and oxygen atoms in total. The lowest BCUT2D eigenvalue weighted by molar-refractivity contribution is 0.628. The van der Waals surface area contributed by atoms with E-state index in [9.17, 15) is 4.39 Å². The number of rotatable bonds is 2. The minimum atomic E-state index is -0.598. The number of aliphatic imine (C=N–C) groups is 1. The zero-order valence-corrected chi connectivity index (χ0v) is 17.0. The lowest BCUT2D eigenvalue weighted by Gasteiger charge is -2.19. The van der Waals surface area contributed by atoms with Crippen molar-refractivity contribution in [2.45, 2.75) is 5.16 Å². The van der Waals surface area contributed by atoms with Gasteiger partial charge in [0.25, 0.3) is 0 Å². The molecule has 0 amide bonds. The molecule has 0 fully saturated rings. The zero-order valence-electron chi connectivity index (χ0n) is 13.2. The van der Waals surface area contributed by atoms with Crippen LogP contribution in [0, 0.1) is 5.82 Å². The fraction of sp³-hybridized carbons (Fsp3) is 0.0625. The van der Waals surface area contributed by atoms with Gasteiger partial charge in [0.2, 0.25) is 5.16 Å². The Balaban J connectivity index is 1.72. The molecule has 1 aromatic heterocycles. The van der Waals surface area contributed by atoms with E-state index in [4.69, 9.17) is 46.4 Å². The van der Waals surface area contributed by atoms with E-state index in [0.29, 0.717) is 43.9 Å². The number of aromatic nitrogens is 3. The highest BCUT2D eigenvalue weighted by Crippen LogP contribution is 2.34. The van der Waals surface area contributed by atoms with Crippen LogP contribution in [0.15, 0.2) is 40.5 Å². The van der Waals surface area contributed by atoms with Gasteiger partial charge in [-0.15, -0.1) is 10.2 Å². The average Bonchev–Trinajstić information content (AvgIpc) is 3.03. The Labute approximate surface area is 177 Å². The van der Waals surface area contributed by atoms with Gasteiger partial charge < -0.3 is 0 Å². The first-order chi connectivity index (χ1) is 12.9. The van der Waals surface area contributed by atoms with Gasteiger partial charge in [-0.2, -0.15) is 0 Å². The van der Waals surface area contributed by atoms with Gasteiger partial charge in [0.15, 0.2) is 5.82 Å². The van der Waals surface area contributed by atoms with Crippen molar-refractivity contribution in [2.24, 2.45) is 4.99 Å². The molecule has 2 aromatic carbocycles. The van der Waals surface area contributed by atoms with Crippen LogP contribution in [0.4, 0.5) is 10.1 Å². The quantitative estimate of drug-likeness (QED) is 0.469. The molecule has 3 aromatic rings. The van der Waals surface area contributed by atoms with Gasteiger partial charge in [-0.25, -0.2) is 14.1 Å². The second kappa shape index (κ2) is 7.48. The minimum Gasteiger partial charge on any atom is -0.276 e. The monoisotopic (exact) mass is 461 g/mol. The Morgan fingerprint density at radius 1 is 1.04 bits per heavy atom. The Hall–Kier alpha value is -1.51. The van der Waals surface area contributed by atoms with Crippen molar-refractivity contribution >= 4 is 69.7 Å². The van der Waals surface area contributed by atoms with E-state index < -0.39 is 5.82 Å². The maximum atomic E-state index is 13.9. The number of amidine groups is 1. The molecule has 0 spiro atoms. The second-order valence-electron chi connectivity index (χ2n) is 5.44. The summed E-state index contributed by atoms with van der Waals surface area (Å²) in [5, 5.41) is 9.95. The van der Waals surface area contributed by atoms with Crippen LogP contribution < -0.4 is 5.43 Å². The van der Waals surface area contributed by atoms with Gasteiger partial charge in [0.1, 0.15) is 11.7 Å². The highest BCUT2D eigenvalue weighted by atomic mass is 35.5. The third-order valence-corrected chi connectivity index (χ3v) is 5.71. The summed E-state index contributed by atoms with van der Waals surface area (Å²) in [6, 6.07) is 7.58. The topological polar surface area (TPSA) is 55.1 Å². The van der Waals surface area contributed by atoms with E-state index in [0.717, 1.165) is 0 Å². The number of hydrogen-bond acceptors (Lipinski definition) is 4. The number of benzene rings is 2. The van der Waals surface area contributed by atoms with Crippen molar-refractivity contribution in [2.75, 3.05) is 11.2 Å². The molecule has 0 aliphatic carbocycles. The highest BCUT2D eigenvalue weighted by Gasteiger charge is 2.23. The van der Waals surface area contributed by atoms with Crippen LogP contribution in [0.2, 0.25) is 20.1 Å². The third kappa shape index (κ3) is 3.75. The molecule has 0 radical (unpaired) electrons. The molecule has 0 unspecified atom stereocenters. The molecule has 0 bridgehead atoms. The first-order valence-electron chi connectivity index (χ1n) is 7.45. The van der Waals surface area contributed by atoms with E-state index in [1.54, 1.807) is 22.9 Å². The molecule has 138 valence electrons. The SMILES string of the molecule is Fc1cc(-c2nnc3n2NC(=Nc2ccc(Cl)cc2Cl)CS3)c(Cl)cc1Cl. The van der Waals surface area contributed by atoms with Crippen molar-refractivity contribution in [3.8, 4) is 11.4 Å². The number of nitrogens with zero attached hydrogens (tertiary/aromatic N) is 4. The van der Waals surface area contributed by atoms with Gasteiger partial charge in [-0.3, -0.25) is 5.43 Å². The van der Waals surface area contributed by atoms with E-state index >= 15 is 0 Å². The van der Waals surface area contributed by atoms with Crippen LogP contribution in [0.1, 0.15) is 0 Å². The molecule has 0 saturated carbocycles. The van der Waals surface area contributed by atoms with Gasteiger partial charge in [-0.05, 0) is 30.3 Å². The van der Waals surface area contributed by atoms with Crippen molar-refractivity contribution in [1.82, 2.24) is 14.9 Å². The summed E-state index contributed by atoms with van der Waals surface area (Å²) < 4.78 is 15.5. The lowest BCUT2D eigenvalue weighted by atomic mass is 10.2. The Bertz CT molecular complexity index is 1080. The van der Waals surface area contributed by atoms with Crippen molar-refractivity contribution in [3.63, 3.8) is 0 Å². The normalized spacial score (nSPS) is 14.9. The predicted octanol–water partition coefficient (Wildman–Crippen LogP) is 6.08. The first kappa shape index (κ1) is 18.8. The van der Waals surface area contributed by atoms with E-state index in [2.05, 4.69) is 20.6 Å². The van der Waals surface area contributed by atoms with Crippen LogP contribution in [0.25, 0.3) is 11.4 Å². The summed E-state index contributed by atoms with van der Waals surface area (Å²) in [6.07, 6.45) is 0. The summed E-state index contributed by atoms with van der Waals surface area (Å²) in [7, 11) is 0. The molecule has 0 atom stereocenters. The van der Waals surface area contributed by atoms with E-state index in [-0.39, 0.29) is 10.0 Å². The summed E-state index contributed by atoms with van der Waals surface area (Å²) in [4.78, 5) is 4.52. The molecule has 4 rings (SSSR count). The van der Waals surface area contributed by atoms with Crippen molar-refractivity contribution in [1.29, 1.82) is 0 Å². The Morgan fingerprint density at radius 2 is 1.85 bits per heavy atom. The number of thioether (sulfide) groups is 1. The standard InChI is InChI=1S/C16H8Cl4FN5S/c17-7-1-2-13(11(20)3-7)22-14-6-27-16-24-23-15(26(16)25-14)8-4-12(21)10(19)5-9(8)18/h1-5H,6H2,(H,22,25). The molecule has 0 saturated heterocycles. The minimum absolute atomic E-state index is 0.0656. The predicted molar refractivity (Wildman–Crippen MR) is 109 cm³/mol. The van der Waals surface area contributed by atoms with Crippen molar-refractivity contribution in [3.05, 3.63) is 56.2 Å². The van der Waals surface area contributed by atoms with Gasteiger partial charge in [-0.1, -0.05) is 58.2 Å². The van der Waals surface area contributed by atoms with Crippen LogP contribution in [-0.4, -0.2) is 26.5 Å². The first-order valence-corrected chi connectivity index (χ1v) is 9.95. The van der Waals surface area contributed by atoms with Crippen LogP contribution in [0.5, 0.6) is 0 Å². The molecule has 27 heavy (non-hydrogen) atoms. The molecule has 2 heterocycles. The van der Waals surface area contributed by atoms with Gasteiger partial charge in [0.05, 0.1) is 26.5 Å². The molecule has 1 N–H and O–H groups in total. The summed E-state index contributed by atoms with van der Waals surface area (Å²) >= 11 is 25.5. The van der Waals surface area contributed by atoms with Crippen LogP contribution >= 0.6 is 58.2 Å². The zero-order chi connectivity index (χ0) is 19.1. The average molecular weight is 463 g/mol. The maximum absolute atomic E-state index is 13.9. The van der Waals surface area contributed by atoms with Crippen LogP contribution in [0.3, 0.4) is 0 Å². The van der Waals surface area contributed by atoms with Crippen LogP contribution in [-0.2, 0) is 0 Å². The number of nitrogens with one attached hydrogen (secondary N) is 1.